The molecule has 1 aliphatic heterocycles. The Labute approximate surface area is 99.1 Å². The van der Waals surface area contributed by atoms with Gasteiger partial charge in [0, 0.05) is 26.2 Å². The molecule has 96 valence electrons. The van der Waals surface area contributed by atoms with E-state index in [9.17, 15) is 0 Å². The van der Waals surface area contributed by atoms with Crippen molar-refractivity contribution in [1.29, 1.82) is 0 Å². The fourth-order valence-corrected chi connectivity index (χ4v) is 2.48. The van der Waals surface area contributed by atoms with Crippen LogP contribution in [0.2, 0.25) is 0 Å². The van der Waals surface area contributed by atoms with E-state index in [1.807, 2.05) is 0 Å². The van der Waals surface area contributed by atoms with Gasteiger partial charge in [0.15, 0.2) is 0 Å². The quantitative estimate of drug-likeness (QED) is 0.711. The summed E-state index contributed by atoms with van der Waals surface area (Å²) in [5, 5.41) is 0. The van der Waals surface area contributed by atoms with Gasteiger partial charge in [0.05, 0.1) is 24.4 Å². The van der Waals surface area contributed by atoms with Gasteiger partial charge in [-0.3, -0.25) is 4.90 Å². The lowest BCUT2D eigenvalue weighted by Gasteiger charge is -2.47. The van der Waals surface area contributed by atoms with Crippen LogP contribution in [0.1, 0.15) is 27.7 Å². The number of hydrogen-bond acceptors (Lipinski definition) is 4. The van der Waals surface area contributed by atoms with Crippen molar-refractivity contribution in [3.05, 3.63) is 0 Å². The molecule has 0 aromatic rings. The third kappa shape index (κ3) is 4.78. The summed E-state index contributed by atoms with van der Waals surface area (Å²) in [5.41, 5.74) is 5.23. The van der Waals surface area contributed by atoms with E-state index in [0.717, 1.165) is 26.2 Å². The van der Waals surface area contributed by atoms with Crippen molar-refractivity contribution in [1.82, 2.24) is 4.90 Å². The Hall–Kier alpha value is -0.160. The minimum absolute atomic E-state index is 0.0738. The highest BCUT2D eigenvalue weighted by atomic mass is 16.5. The number of morpholine rings is 1. The van der Waals surface area contributed by atoms with Gasteiger partial charge in [-0.25, -0.2) is 0 Å². The molecule has 0 unspecified atom stereocenters. The van der Waals surface area contributed by atoms with E-state index < -0.39 is 0 Å². The standard InChI is InChI=1S/C12H26N2O2/c1-11(2)9-14(6-8-15-7-5-13)10-12(3,4)16-11/h5-10,13H2,1-4H3. The second kappa shape index (κ2) is 5.45. The Balaban J connectivity index is 2.36. The number of nitrogens with zero attached hydrogens (tertiary/aromatic N) is 1. The van der Waals surface area contributed by atoms with Gasteiger partial charge in [0.25, 0.3) is 0 Å². The minimum atomic E-state index is -0.0738. The van der Waals surface area contributed by atoms with Crippen molar-refractivity contribution >= 4 is 0 Å². The second-order valence-electron chi connectivity index (χ2n) is 5.73. The topological polar surface area (TPSA) is 47.7 Å². The SMILES string of the molecule is CC1(C)CN(CCOCCN)CC(C)(C)O1. The monoisotopic (exact) mass is 230 g/mol. The Morgan fingerprint density at radius 1 is 1.12 bits per heavy atom. The van der Waals surface area contributed by atoms with Crippen molar-refractivity contribution in [2.75, 3.05) is 39.4 Å². The van der Waals surface area contributed by atoms with Crippen molar-refractivity contribution in [2.45, 2.75) is 38.9 Å². The van der Waals surface area contributed by atoms with Gasteiger partial charge < -0.3 is 15.2 Å². The summed E-state index contributed by atoms with van der Waals surface area (Å²) >= 11 is 0. The molecule has 0 radical (unpaired) electrons. The maximum absolute atomic E-state index is 6.02. The van der Waals surface area contributed by atoms with Crippen LogP contribution in [0.3, 0.4) is 0 Å². The first-order chi connectivity index (χ1) is 7.35. The largest absolute Gasteiger partial charge is 0.379 e. The van der Waals surface area contributed by atoms with Crippen LogP contribution in [0.5, 0.6) is 0 Å². The van der Waals surface area contributed by atoms with Gasteiger partial charge in [-0.2, -0.15) is 0 Å². The highest BCUT2D eigenvalue weighted by molar-refractivity contribution is 4.88. The Kier molecular flexibility index (Phi) is 4.73. The van der Waals surface area contributed by atoms with Crippen LogP contribution >= 0.6 is 0 Å². The Morgan fingerprint density at radius 2 is 1.69 bits per heavy atom. The second-order valence-corrected chi connectivity index (χ2v) is 5.73. The van der Waals surface area contributed by atoms with Crippen LogP contribution in [-0.4, -0.2) is 55.5 Å². The van der Waals surface area contributed by atoms with Crippen molar-refractivity contribution in [3.8, 4) is 0 Å². The zero-order valence-electron chi connectivity index (χ0n) is 11.1. The maximum atomic E-state index is 6.02. The van der Waals surface area contributed by atoms with Gasteiger partial charge in [0.1, 0.15) is 0 Å². The van der Waals surface area contributed by atoms with E-state index in [2.05, 4.69) is 32.6 Å². The summed E-state index contributed by atoms with van der Waals surface area (Å²) in [6.45, 7) is 13.4. The first kappa shape index (κ1) is 13.9. The molecule has 1 heterocycles. The molecule has 1 saturated heterocycles. The van der Waals surface area contributed by atoms with Gasteiger partial charge in [-0.1, -0.05) is 0 Å². The van der Waals surface area contributed by atoms with E-state index >= 15 is 0 Å². The molecular weight excluding hydrogens is 204 g/mol. The highest BCUT2D eigenvalue weighted by Crippen LogP contribution is 2.27. The molecule has 0 spiro atoms. The van der Waals surface area contributed by atoms with Crippen LogP contribution in [0.25, 0.3) is 0 Å². The van der Waals surface area contributed by atoms with E-state index in [1.165, 1.54) is 0 Å². The van der Waals surface area contributed by atoms with Gasteiger partial charge in [-0.15, -0.1) is 0 Å². The molecule has 4 heteroatoms. The van der Waals surface area contributed by atoms with Gasteiger partial charge >= 0.3 is 0 Å². The summed E-state index contributed by atoms with van der Waals surface area (Å²) in [5.74, 6) is 0. The van der Waals surface area contributed by atoms with Crippen LogP contribution in [-0.2, 0) is 9.47 Å². The Morgan fingerprint density at radius 3 is 2.19 bits per heavy atom. The number of nitrogens with two attached hydrogens (primary N) is 1. The molecule has 0 aromatic heterocycles. The molecule has 16 heavy (non-hydrogen) atoms. The summed E-state index contributed by atoms with van der Waals surface area (Å²) in [6, 6.07) is 0. The van der Waals surface area contributed by atoms with Crippen LogP contribution in [0, 0.1) is 0 Å². The smallest absolute Gasteiger partial charge is 0.0760 e. The summed E-state index contributed by atoms with van der Waals surface area (Å²) in [6.07, 6.45) is 0. The van der Waals surface area contributed by atoms with E-state index in [0.29, 0.717) is 13.2 Å². The van der Waals surface area contributed by atoms with Crippen LogP contribution in [0.15, 0.2) is 0 Å². The molecule has 0 amide bonds. The zero-order valence-corrected chi connectivity index (χ0v) is 11.1. The van der Waals surface area contributed by atoms with Crippen molar-refractivity contribution in [2.24, 2.45) is 5.73 Å². The Bertz CT molecular complexity index is 201. The molecule has 4 nitrogen and oxygen atoms in total. The maximum Gasteiger partial charge on any atom is 0.0760 e. The molecule has 0 aliphatic carbocycles. The van der Waals surface area contributed by atoms with Crippen molar-refractivity contribution < 1.29 is 9.47 Å². The van der Waals surface area contributed by atoms with E-state index in [1.54, 1.807) is 0 Å². The molecule has 2 N–H and O–H groups in total. The average Bonchev–Trinajstić information content (AvgIpc) is 2.07. The normalized spacial score (nSPS) is 24.6. The van der Waals surface area contributed by atoms with Crippen LogP contribution in [0.4, 0.5) is 0 Å². The first-order valence-corrected chi connectivity index (χ1v) is 6.05. The average molecular weight is 230 g/mol. The first-order valence-electron chi connectivity index (χ1n) is 6.05. The highest BCUT2D eigenvalue weighted by Gasteiger charge is 2.37. The fraction of sp³-hybridized carbons (Fsp3) is 1.00. The third-order valence-corrected chi connectivity index (χ3v) is 2.58. The molecule has 1 fully saturated rings. The molecular formula is C12H26N2O2. The number of hydrogen-bond donors (Lipinski definition) is 1. The fourth-order valence-electron chi connectivity index (χ4n) is 2.48. The van der Waals surface area contributed by atoms with Gasteiger partial charge in [0.2, 0.25) is 0 Å². The van der Waals surface area contributed by atoms with Crippen LogP contribution < -0.4 is 5.73 Å². The molecule has 0 bridgehead atoms. The lowest BCUT2D eigenvalue weighted by Crippen LogP contribution is -2.57. The van der Waals surface area contributed by atoms with Crippen molar-refractivity contribution in [3.63, 3.8) is 0 Å². The molecule has 1 rings (SSSR count). The summed E-state index contributed by atoms with van der Waals surface area (Å²) in [4.78, 5) is 2.40. The van der Waals surface area contributed by atoms with E-state index in [4.69, 9.17) is 15.2 Å². The third-order valence-electron chi connectivity index (χ3n) is 2.58. The predicted octanol–water partition coefficient (Wildman–Crippen LogP) is 0.851. The van der Waals surface area contributed by atoms with E-state index in [-0.39, 0.29) is 11.2 Å². The molecule has 0 saturated carbocycles. The number of ether oxygens (including phenoxy) is 2. The number of rotatable bonds is 5. The minimum Gasteiger partial charge on any atom is -0.379 e. The predicted molar refractivity (Wildman–Crippen MR) is 65.6 cm³/mol. The zero-order chi connectivity index (χ0) is 12.2. The molecule has 0 atom stereocenters. The summed E-state index contributed by atoms with van der Waals surface area (Å²) in [7, 11) is 0. The molecule has 1 aliphatic rings. The summed E-state index contributed by atoms with van der Waals surface area (Å²) < 4.78 is 11.4. The molecule has 0 aromatic carbocycles. The lowest BCUT2D eigenvalue weighted by atomic mass is 9.99. The van der Waals surface area contributed by atoms with Gasteiger partial charge in [-0.05, 0) is 27.7 Å². The lowest BCUT2D eigenvalue weighted by molar-refractivity contribution is -0.182.